The molecule has 1 saturated heterocycles. The van der Waals surface area contributed by atoms with Crippen molar-refractivity contribution in [3.8, 4) is 5.75 Å². The number of nitrogens with zero attached hydrogens (tertiary/aromatic N) is 2. The SMILES string of the molecule is CCCCN1C(=O)CC(C(=O)N(CC)CC)C1c1ccc(OC)cc1. The zero-order chi connectivity index (χ0) is 18.4. The van der Waals surface area contributed by atoms with E-state index in [0.717, 1.165) is 24.2 Å². The molecule has 25 heavy (non-hydrogen) atoms. The van der Waals surface area contributed by atoms with Crippen LogP contribution >= 0.6 is 0 Å². The highest BCUT2D eigenvalue weighted by Gasteiger charge is 2.45. The summed E-state index contributed by atoms with van der Waals surface area (Å²) in [6, 6.07) is 7.56. The molecule has 0 bridgehead atoms. The van der Waals surface area contributed by atoms with Gasteiger partial charge in [-0.1, -0.05) is 25.5 Å². The first-order chi connectivity index (χ1) is 12.1. The third kappa shape index (κ3) is 4.14. The maximum Gasteiger partial charge on any atom is 0.228 e. The molecule has 2 unspecified atom stereocenters. The molecular weight excluding hydrogens is 316 g/mol. The molecule has 0 saturated carbocycles. The smallest absolute Gasteiger partial charge is 0.228 e. The quantitative estimate of drug-likeness (QED) is 0.726. The number of carbonyl (C=O) groups is 2. The molecule has 1 fully saturated rings. The van der Waals surface area contributed by atoms with E-state index in [4.69, 9.17) is 4.74 Å². The molecule has 1 heterocycles. The number of methoxy groups -OCH3 is 1. The zero-order valence-electron chi connectivity index (χ0n) is 15.8. The Bertz CT molecular complexity index is 581. The van der Waals surface area contributed by atoms with Crippen LogP contribution in [0.25, 0.3) is 0 Å². The lowest BCUT2D eigenvalue weighted by Gasteiger charge is -2.31. The summed E-state index contributed by atoms with van der Waals surface area (Å²) in [7, 11) is 1.63. The van der Waals surface area contributed by atoms with Crippen LogP contribution in [0.15, 0.2) is 24.3 Å². The lowest BCUT2D eigenvalue weighted by molar-refractivity contribution is -0.136. The van der Waals surface area contributed by atoms with Crippen LogP contribution in [0.5, 0.6) is 5.75 Å². The van der Waals surface area contributed by atoms with Crippen molar-refractivity contribution in [2.45, 2.75) is 46.1 Å². The van der Waals surface area contributed by atoms with Crippen molar-refractivity contribution in [2.24, 2.45) is 5.92 Å². The Morgan fingerprint density at radius 2 is 1.84 bits per heavy atom. The average molecular weight is 346 g/mol. The van der Waals surface area contributed by atoms with Crippen LogP contribution in [0, 0.1) is 5.92 Å². The summed E-state index contributed by atoms with van der Waals surface area (Å²) >= 11 is 0. The standard InChI is InChI=1S/C20H30N2O3/c1-5-8-13-22-18(23)14-17(20(24)21(6-2)7-3)19(22)15-9-11-16(25-4)12-10-15/h9-12,17,19H,5-8,13-14H2,1-4H3. The fourth-order valence-corrected chi connectivity index (χ4v) is 3.59. The molecule has 0 radical (unpaired) electrons. The maximum atomic E-state index is 13.0. The number of hydrogen-bond acceptors (Lipinski definition) is 3. The Kier molecular flexibility index (Phi) is 6.85. The molecule has 1 aromatic rings. The van der Waals surface area contributed by atoms with E-state index >= 15 is 0 Å². The Hall–Kier alpha value is -2.04. The third-order valence-corrected chi connectivity index (χ3v) is 5.03. The van der Waals surface area contributed by atoms with Gasteiger partial charge in [0.2, 0.25) is 11.8 Å². The monoisotopic (exact) mass is 346 g/mol. The van der Waals surface area contributed by atoms with Crippen molar-refractivity contribution in [3.05, 3.63) is 29.8 Å². The van der Waals surface area contributed by atoms with E-state index in [1.807, 2.05) is 47.9 Å². The van der Waals surface area contributed by atoms with Crippen molar-refractivity contribution in [1.82, 2.24) is 9.80 Å². The summed E-state index contributed by atoms with van der Waals surface area (Å²) in [4.78, 5) is 29.4. The minimum Gasteiger partial charge on any atom is -0.497 e. The lowest BCUT2D eigenvalue weighted by atomic mass is 9.92. The van der Waals surface area contributed by atoms with Crippen LogP contribution in [-0.2, 0) is 9.59 Å². The molecule has 0 aromatic heterocycles. The van der Waals surface area contributed by atoms with Crippen molar-refractivity contribution >= 4 is 11.8 Å². The molecule has 0 aliphatic carbocycles. The minimum atomic E-state index is -0.308. The van der Waals surface area contributed by atoms with E-state index < -0.39 is 0 Å². The van der Waals surface area contributed by atoms with Crippen molar-refractivity contribution in [1.29, 1.82) is 0 Å². The number of unbranched alkanes of at least 4 members (excludes halogenated alkanes) is 1. The van der Waals surface area contributed by atoms with Gasteiger partial charge in [0.05, 0.1) is 19.1 Å². The molecule has 1 aromatic carbocycles. The highest BCUT2D eigenvalue weighted by molar-refractivity contribution is 5.90. The van der Waals surface area contributed by atoms with Gasteiger partial charge >= 0.3 is 0 Å². The maximum absolute atomic E-state index is 13.0. The molecule has 5 heteroatoms. The molecule has 0 spiro atoms. The first-order valence-corrected chi connectivity index (χ1v) is 9.29. The summed E-state index contributed by atoms with van der Waals surface area (Å²) in [5.74, 6) is 0.635. The van der Waals surface area contributed by atoms with Gasteiger partial charge in [0.15, 0.2) is 0 Å². The van der Waals surface area contributed by atoms with E-state index in [-0.39, 0.29) is 23.8 Å². The Morgan fingerprint density at radius 3 is 2.36 bits per heavy atom. The second-order valence-electron chi connectivity index (χ2n) is 6.48. The van der Waals surface area contributed by atoms with Gasteiger partial charge in [-0.05, 0) is 38.0 Å². The van der Waals surface area contributed by atoms with Crippen LogP contribution in [0.3, 0.4) is 0 Å². The van der Waals surface area contributed by atoms with Crippen LogP contribution < -0.4 is 4.74 Å². The topological polar surface area (TPSA) is 49.9 Å². The van der Waals surface area contributed by atoms with Gasteiger partial charge in [0.1, 0.15) is 5.75 Å². The predicted molar refractivity (Wildman–Crippen MR) is 98.4 cm³/mol. The first kappa shape index (κ1) is 19.3. The van der Waals surface area contributed by atoms with Crippen molar-refractivity contribution in [3.63, 3.8) is 0 Å². The molecule has 1 aliphatic heterocycles. The number of carbonyl (C=O) groups excluding carboxylic acids is 2. The molecule has 5 nitrogen and oxygen atoms in total. The number of ether oxygens (including phenoxy) is 1. The van der Waals surface area contributed by atoms with Gasteiger partial charge in [-0.15, -0.1) is 0 Å². The molecule has 2 amide bonds. The summed E-state index contributed by atoms with van der Waals surface area (Å²) in [6.45, 7) is 8.12. The molecule has 138 valence electrons. The summed E-state index contributed by atoms with van der Waals surface area (Å²) in [5, 5.41) is 0. The average Bonchev–Trinajstić information content (AvgIpc) is 2.97. The second-order valence-corrected chi connectivity index (χ2v) is 6.48. The van der Waals surface area contributed by atoms with Gasteiger partial charge in [-0.2, -0.15) is 0 Å². The number of amides is 2. The largest absolute Gasteiger partial charge is 0.497 e. The molecular formula is C20H30N2O3. The van der Waals surface area contributed by atoms with Crippen LogP contribution in [0.1, 0.15) is 51.6 Å². The van der Waals surface area contributed by atoms with E-state index in [0.29, 0.717) is 26.1 Å². The van der Waals surface area contributed by atoms with Gasteiger partial charge < -0.3 is 14.5 Å². The normalized spacial score (nSPS) is 20.0. The van der Waals surface area contributed by atoms with E-state index in [2.05, 4.69) is 6.92 Å². The van der Waals surface area contributed by atoms with Crippen LogP contribution in [0.2, 0.25) is 0 Å². The highest BCUT2D eigenvalue weighted by Crippen LogP contribution is 2.39. The summed E-state index contributed by atoms with van der Waals surface area (Å²) < 4.78 is 5.24. The fraction of sp³-hybridized carbons (Fsp3) is 0.600. The van der Waals surface area contributed by atoms with Crippen molar-refractivity contribution < 1.29 is 14.3 Å². The molecule has 2 rings (SSSR count). The highest BCUT2D eigenvalue weighted by atomic mass is 16.5. The summed E-state index contributed by atoms with van der Waals surface area (Å²) in [6.07, 6.45) is 2.27. The van der Waals surface area contributed by atoms with Gasteiger partial charge in [-0.25, -0.2) is 0 Å². The summed E-state index contributed by atoms with van der Waals surface area (Å²) in [5.41, 5.74) is 1.01. The number of rotatable bonds is 8. The number of hydrogen-bond donors (Lipinski definition) is 0. The number of benzene rings is 1. The second kappa shape index (κ2) is 8.88. The van der Waals surface area contributed by atoms with Crippen LogP contribution in [0.4, 0.5) is 0 Å². The third-order valence-electron chi connectivity index (χ3n) is 5.03. The zero-order valence-corrected chi connectivity index (χ0v) is 15.8. The molecule has 2 atom stereocenters. The van der Waals surface area contributed by atoms with E-state index in [1.165, 1.54) is 0 Å². The van der Waals surface area contributed by atoms with E-state index in [9.17, 15) is 9.59 Å². The molecule has 0 N–H and O–H groups in total. The van der Waals surface area contributed by atoms with Gasteiger partial charge in [-0.3, -0.25) is 9.59 Å². The Labute approximate surface area is 150 Å². The first-order valence-electron chi connectivity index (χ1n) is 9.29. The Morgan fingerprint density at radius 1 is 1.20 bits per heavy atom. The van der Waals surface area contributed by atoms with Crippen molar-refractivity contribution in [2.75, 3.05) is 26.7 Å². The van der Waals surface area contributed by atoms with Gasteiger partial charge in [0.25, 0.3) is 0 Å². The van der Waals surface area contributed by atoms with E-state index in [1.54, 1.807) is 7.11 Å². The molecule has 1 aliphatic rings. The predicted octanol–water partition coefficient (Wildman–Crippen LogP) is 3.25. The number of likely N-dealkylation sites (tertiary alicyclic amines) is 1. The fourth-order valence-electron chi connectivity index (χ4n) is 3.59. The Balaban J connectivity index is 2.35. The van der Waals surface area contributed by atoms with Crippen LogP contribution in [-0.4, -0.2) is 48.4 Å². The lowest BCUT2D eigenvalue weighted by Crippen LogP contribution is -2.39. The minimum absolute atomic E-state index is 0.0816. The van der Waals surface area contributed by atoms with Gasteiger partial charge in [0, 0.05) is 26.1 Å².